The summed E-state index contributed by atoms with van der Waals surface area (Å²) >= 11 is 0. The third-order valence-electron chi connectivity index (χ3n) is 0.715. The Morgan fingerprint density at radius 2 is 2.43 bits per heavy atom. The average molecular weight is 102 g/mol. The van der Waals surface area contributed by atoms with E-state index >= 15 is 0 Å². The van der Waals surface area contributed by atoms with Gasteiger partial charge >= 0.3 is 0 Å². The maximum atomic E-state index is 9.65. The fourth-order valence-electron chi connectivity index (χ4n) is 0.225. The highest BCUT2D eigenvalue weighted by molar-refractivity contribution is 5.51. The molecule has 0 saturated heterocycles. The smallest absolute Gasteiger partial charge is 0.135 e. The summed E-state index contributed by atoms with van der Waals surface area (Å²) in [6.07, 6.45) is 0.781. The van der Waals surface area contributed by atoms with Crippen molar-refractivity contribution < 1.29 is 4.79 Å². The molecule has 0 heterocycles. The summed E-state index contributed by atoms with van der Waals surface area (Å²) in [6.45, 7) is 2.94. The Kier molecular flexibility index (Phi) is 3.55. The molecule has 0 unspecified atom stereocenters. The van der Waals surface area contributed by atoms with Gasteiger partial charge in [0.25, 0.3) is 0 Å². The number of hydrazine groups is 1. The highest BCUT2D eigenvalue weighted by Gasteiger charge is 1.87. The predicted octanol–water partition coefficient (Wildman–Crippen LogP) is -0.619. The van der Waals surface area contributed by atoms with Crippen LogP contribution in [0.1, 0.15) is 6.92 Å². The molecule has 7 heavy (non-hydrogen) atoms. The SMILES string of the molecule is CCN(N)CC=O. The first kappa shape index (κ1) is 6.59. The van der Waals surface area contributed by atoms with Gasteiger partial charge in [-0.25, -0.2) is 5.01 Å². The van der Waals surface area contributed by atoms with Crippen LogP contribution in [0.15, 0.2) is 0 Å². The highest BCUT2D eigenvalue weighted by Crippen LogP contribution is 1.67. The van der Waals surface area contributed by atoms with E-state index in [0.717, 1.165) is 12.8 Å². The third kappa shape index (κ3) is 3.42. The Labute approximate surface area is 43.1 Å². The average Bonchev–Trinajstić information content (AvgIpc) is 1.68. The van der Waals surface area contributed by atoms with E-state index in [-0.39, 0.29) is 0 Å². The Bertz CT molecular complexity index is 55.7. The Balaban J connectivity index is 2.98. The van der Waals surface area contributed by atoms with Crippen LogP contribution in [0, 0.1) is 0 Å². The summed E-state index contributed by atoms with van der Waals surface area (Å²) in [5, 5.41) is 1.44. The van der Waals surface area contributed by atoms with Crippen LogP contribution in [0.3, 0.4) is 0 Å². The summed E-state index contributed by atoms with van der Waals surface area (Å²) in [5.74, 6) is 5.19. The molecule has 42 valence electrons. The Morgan fingerprint density at radius 1 is 1.86 bits per heavy atom. The number of likely N-dealkylation sites (N-methyl/N-ethyl adjacent to an activating group) is 1. The number of rotatable bonds is 3. The van der Waals surface area contributed by atoms with Crippen LogP contribution in [-0.2, 0) is 4.79 Å². The van der Waals surface area contributed by atoms with Crippen molar-refractivity contribution >= 4 is 6.29 Å². The van der Waals surface area contributed by atoms with Gasteiger partial charge in [0.1, 0.15) is 6.29 Å². The van der Waals surface area contributed by atoms with Crippen molar-refractivity contribution in [2.24, 2.45) is 5.84 Å². The third-order valence-corrected chi connectivity index (χ3v) is 0.715. The van der Waals surface area contributed by atoms with Gasteiger partial charge in [-0.15, -0.1) is 0 Å². The minimum absolute atomic E-state index is 0.330. The van der Waals surface area contributed by atoms with Gasteiger partial charge in [-0.05, 0) is 0 Å². The second-order valence-corrected chi connectivity index (χ2v) is 1.25. The zero-order valence-corrected chi connectivity index (χ0v) is 4.42. The van der Waals surface area contributed by atoms with E-state index in [1.54, 1.807) is 0 Å². The zero-order valence-electron chi connectivity index (χ0n) is 4.42. The molecule has 0 aliphatic rings. The van der Waals surface area contributed by atoms with E-state index in [0.29, 0.717) is 6.54 Å². The first-order valence-corrected chi connectivity index (χ1v) is 2.24. The van der Waals surface area contributed by atoms with Crippen molar-refractivity contribution in [3.05, 3.63) is 0 Å². The molecule has 0 aromatic carbocycles. The largest absolute Gasteiger partial charge is 0.302 e. The maximum Gasteiger partial charge on any atom is 0.135 e. The van der Waals surface area contributed by atoms with Crippen LogP contribution >= 0.6 is 0 Å². The van der Waals surface area contributed by atoms with Crippen LogP contribution in [0.25, 0.3) is 0 Å². The van der Waals surface area contributed by atoms with Gasteiger partial charge in [-0.3, -0.25) is 5.84 Å². The molecular formula is C4H10N2O. The quantitative estimate of drug-likeness (QED) is 0.293. The van der Waals surface area contributed by atoms with Gasteiger partial charge in [-0.1, -0.05) is 6.92 Å². The molecular weight excluding hydrogens is 92.1 g/mol. The van der Waals surface area contributed by atoms with Crippen LogP contribution in [0.5, 0.6) is 0 Å². The normalized spacial score (nSPS) is 9.57. The molecule has 0 bridgehead atoms. The molecule has 0 aliphatic carbocycles. The summed E-state index contributed by atoms with van der Waals surface area (Å²) < 4.78 is 0. The number of hydrogen-bond acceptors (Lipinski definition) is 3. The van der Waals surface area contributed by atoms with E-state index in [4.69, 9.17) is 5.84 Å². The molecule has 0 amide bonds. The van der Waals surface area contributed by atoms with Crippen molar-refractivity contribution in [1.82, 2.24) is 5.01 Å². The monoisotopic (exact) mass is 102 g/mol. The summed E-state index contributed by atoms with van der Waals surface area (Å²) in [4.78, 5) is 9.65. The predicted molar refractivity (Wildman–Crippen MR) is 27.5 cm³/mol. The lowest BCUT2D eigenvalue weighted by molar-refractivity contribution is -0.108. The van der Waals surface area contributed by atoms with Gasteiger partial charge in [0.05, 0.1) is 6.54 Å². The van der Waals surface area contributed by atoms with Crippen LogP contribution in [-0.4, -0.2) is 24.4 Å². The first-order valence-electron chi connectivity index (χ1n) is 2.24. The fraction of sp³-hybridized carbons (Fsp3) is 0.750. The highest BCUT2D eigenvalue weighted by atomic mass is 16.1. The summed E-state index contributed by atoms with van der Waals surface area (Å²) in [5.41, 5.74) is 0. The zero-order chi connectivity index (χ0) is 5.70. The Morgan fingerprint density at radius 3 is 2.57 bits per heavy atom. The summed E-state index contributed by atoms with van der Waals surface area (Å²) in [6, 6.07) is 0. The molecule has 0 aromatic heterocycles. The van der Waals surface area contributed by atoms with E-state index < -0.39 is 0 Å². The fourth-order valence-corrected chi connectivity index (χ4v) is 0.225. The van der Waals surface area contributed by atoms with Crippen molar-refractivity contribution in [2.45, 2.75) is 6.92 Å². The second-order valence-electron chi connectivity index (χ2n) is 1.25. The molecule has 0 radical (unpaired) electrons. The lowest BCUT2D eigenvalue weighted by atomic mass is 10.6. The van der Waals surface area contributed by atoms with Gasteiger partial charge < -0.3 is 4.79 Å². The van der Waals surface area contributed by atoms with Crippen molar-refractivity contribution in [3.63, 3.8) is 0 Å². The molecule has 0 aliphatic heterocycles. The van der Waals surface area contributed by atoms with Gasteiger partial charge in [0, 0.05) is 6.54 Å². The van der Waals surface area contributed by atoms with Gasteiger partial charge in [0.2, 0.25) is 0 Å². The molecule has 3 heteroatoms. The first-order chi connectivity index (χ1) is 3.31. The molecule has 0 aromatic rings. The van der Waals surface area contributed by atoms with E-state index in [2.05, 4.69) is 0 Å². The standard InChI is InChI=1S/C4H10N2O/c1-2-6(5)3-4-7/h4H,2-3,5H2,1H3. The number of hydrogen-bond donors (Lipinski definition) is 1. The maximum absolute atomic E-state index is 9.65. The minimum Gasteiger partial charge on any atom is -0.302 e. The molecule has 2 N–H and O–H groups in total. The number of aldehydes is 1. The van der Waals surface area contributed by atoms with Crippen LogP contribution in [0.4, 0.5) is 0 Å². The molecule has 0 saturated carbocycles. The number of nitrogens with zero attached hydrogens (tertiary/aromatic N) is 1. The Hall–Kier alpha value is -0.410. The van der Waals surface area contributed by atoms with Crippen LogP contribution in [0.2, 0.25) is 0 Å². The molecule has 0 atom stereocenters. The van der Waals surface area contributed by atoms with E-state index in [9.17, 15) is 4.79 Å². The van der Waals surface area contributed by atoms with Crippen molar-refractivity contribution in [3.8, 4) is 0 Å². The summed E-state index contributed by atoms with van der Waals surface area (Å²) in [7, 11) is 0. The van der Waals surface area contributed by atoms with Crippen molar-refractivity contribution in [2.75, 3.05) is 13.1 Å². The lowest BCUT2D eigenvalue weighted by Gasteiger charge is -2.06. The topological polar surface area (TPSA) is 46.3 Å². The van der Waals surface area contributed by atoms with Crippen molar-refractivity contribution in [1.29, 1.82) is 0 Å². The van der Waals surface area contributed by atoms with E-state index in [1.807, 2.05) is 6.92 Å². The van der Waals surface area contributed by atoms with E-state index in [1.165, 1.54) is 5.01 Å². The van der Waals surface area contributed by atoms with Gasteiger partial charge in [-0.2, -0.15) is 0 Å². The minimum atomic E-state index is 0.330. The van der Waals surface area contributed by atoms with Gasteiger partial charge in [0.15, 0.2) is 0 Å². The second kappa shape index (κ2) is 3.77. The molecule has 0 spiro atoms. The van der Waals surface area contributed by atoms with Crippen LogP contribution < -0.4 is 5.84 Å². The lowest BCUT2D eigenvalue weighted by Crippen LogP contribution is -2.32. The molecule has 3 nitrogen and oxygen atoms in total. The number of carbonyl (C=O) groups excluding carboxylic acids is 1. The molecule has 0 fully saturated rings. The molecule has 0 rings (SSSR count). The number of nitrogens with two attached hydrogens (primary N) is 1. The number of carbonyl (C=O) groups is 1.